The van der Waals surface area contributed by atoms with Crippen LogP contribution in [0.5, 0.6) is 0 Å². The molecule has 0 fully saturated rings. The largest absolute Gasteiger partial charge is 0.283 e. The summed E-state index contributed by atoms with van der Waals surface area (Å²) in [6.07, 6.45) is 0. The molecule has 0 unspecified atom stereocenters. The summed E-state index contributed by atoms with van der Waals surface area (Å²) < 4.78 is 0.936. The molecule has 2 aromatic carbocycles. The third-order valence-corrected chi connectivity index (χ3v) is 4.45. The van der Waals surface area contributed by atoms with E-state index >= 15 is 0 Å². The minimum absolute atomic E-state index is 0.140. The number of hydrogen-bond donors (Lipinski definition) is 0. The van der Waals surface area contributed by atoms with E-state index in [4.69, 9.17) is 0 Å². The molecule has 92 valence electrons. The van der Waals surface area contributed by atoms with E-state index in [2.05, 4.69) is 15.9 Å². The zero-order valence-corrected chi connectivity index (χ0v) is 12.0. The van der Waals surface area contributed by atoms with Gasteiger partial charge in [0.05, 0.1) is 9.82 Å². The van der Waals surface area contributed by atoms with Gasteiger partial charge in [0.1, 0.15) is 0 Å². The maximum atomic E-state index is 11.0. The van der Waals surface area contributed by atoms with Crippen molar-refractivity contribution >= 4 is 33.4 Å². The van der Waals surface area contributed by atoms with Gasteiger partial charge in [-0.1, -0.05) is 30.0 Å². The molecule has 0 N–H and O–H groups in total. The van der Waals surface area contributed by atoms with Crippen molar-refractivity contribution < 1.29 is 4.92 Å². The van der Waals surface area contributed by atoms with Gasteiger partial charge in [-0.2, -0.15) is 0 Å². The van der Waals surface area contributed by atoms with Gasteiger partial charge in [-0.25, -0.2) is 0 Å². The molecule has 0 radical (unpaired) electrons. The molecule has 0 heterocycles. The molecule has 3 nitrogen and oxygen atoms in total. The highest BCUT2D eigenvalue weighted by atomic mass is 79.9. The van der Waals surface area contributed by atoms with E-state index in [0.29, 0.717) is 4.90 Å². The number of halogens is 1. The van der Waals surface area contributed by atoms with Crippen LogP contribution in [0.25, 0.3) is 0 Å². The number of nitro groups is 1. The summed E-state index contributed by atoms with van der Waals surface area (Å²) in [5, 5.41) is 11.0. The standard InChI is InChI=1S/C13H10BrNO2S/c1-9-6-7-11(15(16)17)13(8-9)18-12-5-3-2-4-10(12)14/h2-8H,1H3. The lowest BCUT2D eigenvalue weighted by molar-refractivity contribution is -0.387. The Balaban J connectivity index is 2.42. The van der Waals surface area contributed by atoms with Gasteiger partial charge in [-0.15, -0.1) is 0 Å². The molecule has 0 aliphatic rings. The monoisotopic (exact) mass is 323 g/mol. The average molecular weight is 324 g/mol. The van der Waals surface area contributed by atoms with E-state index in [1.165, 1.54) is 11.8 Å². The van der Waals surface area contributed by atoms with Crippen molar-refractivity contribution in [3.05, 3.63) is 62.6 Å². The molecule has 0 aromatic heterocycles. The second-order valence-electron chi connectivity index (χ2n) is 3.76. The molecule has 0 saturated carbocycles. The fraction of sp³-hybridized carbons (Fsp3) is 0.0769. The summed E-state index contributed by atoms with van der Waals surface area (Å²) in [5.41, 5.74) is 1.15. The van der Waals surface area contributed by atoms with E-state index in [-0.39, 0.29) is 10.6 Å². The van der Waals surface area contributed by atoms with Crippen LogP contribution in [0.15, 0.2) is 56.7 Å². The lowest BCUT2D eigenvalue weighted by Gasteiger charge is -2.05. The first-order valence-corrected chi connectivity index (χ1v) is 6.86. The molecule has 2 rings (SSSR count). The van der Waals surface area contributed by atoms with E-state index in [9.17, 15) is 10.1 Å². The van der Waals surface area contributed by atoms with Crippen LogP contribution in [-0.2, 0) is 0 Å². The molecular weight excluding hydrogens is 314 g/mol. The maximum Gasteiger partial charge on any atom is 0.283 e. The number of rotatable bonds is 3. The van der Waals surface area contributed by atoms with Crippen molar-refractivity contribution in [1.82, 2.24) is 0 Å². The first kappa shape index (κ1) is 13.1. The summed E-state index contributed by atoms with van der Waals surface area (Å²) >= 11 is 4.84. The van der Waals surface area contributed by atoms with Crippen LogP contribution in [0.4, 0.5) is 5.69 Å². The Morgan fingerprint density at radius 2 is 1.89 bits per heavy atom. The smallest absolute Gasteiger partial charge is 0.258 e. The summed E-state index contributed by atoms with van der Waals surface area (Å²) in [5.74, 6) is 0. The molecule has 0 aliphatic carbocycles. The SMILES string of the molecule is Cc1ccc([N+](=O)[O-])c(Sc2ccccc2Br)c1. The molecule has 0 aliphatic heterocycles. The molecule has 0 saturated heterocycles. The molecule has 0 atom stereocenters. The maximum absolute atomic E-state index is 11.0. The normalized spacial score (nSPS) is 10.3. The molecule has 2 aromatic rings. The van der Waals surface area contributed by atoms with Crippen molar-refractivity contribution in [2.24, 2.45) is 0 Å². The predicted molar refractivity (Wildman–Crippen MR) is 76.1 cm³/mol. The number of nitrogens with zero attached hydrogens (tertiary/aromatic N) is 1. The van der Waals surface area contributed by atoms with Crippen LogP contribution in [-0.4, -0.2) is 4.92 Å². The third-order valence-electron chi connectivity index (χ3n) is 2.37. The number of benzene rings is 2. The van der Waals surface area contributed by atoms with Gasteiger partial charge in [0.25, 0.3) is 5.69 Å². The topological polar surface area (TPSA) is 43.1 Å². The fourth-order valence-corrected chi connectivity index (χ4v) is 3.07. The Morgan fingerprint density at radius 3 is 2.56 bits per heavy atom. The van der Waals surface area contributed by atoms with Crippen molar-refractivity contribution in [2.45, 2.75) is 16.7 Å². The molecule has 0 spiro atoms. The highest BCUT2D eigenvalue weighted by Gasteiger charge is 2.15. The van der Waals surface area contributed by atoms with Crippen LogP contribution < -0.4 is 0 Å². The first-order valence-electron chi connectivity index (χ1n) is 5.25. The molecule has 5 heteroatoms. The summed E-state index contributed by atoms with van der Waals surface area (Å²) in [6, 6.07) is 12.8. The van der Waals surface area contributed by atoms with Gasteiger partial charge >= 0.3 is 0 Å². The third kappa shape index (κ3) is 2.91. The van der Waals surface area contributed by atoms with Crippen LogP contribution in [0.3, 0.4) is 0 Å². The highest BCUT2D eigenvalue weighted by molar-refractivity contribution is 9.10. The van der Waals surface area contributed by atoms with Gasteiger partial charge in [0, 0.05) is 15.4 Å². The number of hydrogen-bond acceptors (Lipinski definition) is 3. The van der Waals surface area contributed by atoms with Crippen molar-refractivity contribution in [3.8, 4) is 0 Å². The zero-order valence-electron chi connectivity index (χ0n) is 9.59. The molecule has 0 bridgehead atoms. The first-order chi connectivity index (χ1) is 8.58. The second kappa shape index (κ2) is 5.54. The molecular formula is C13H10BrNO2S. The highest BCUT2D eigenvalue weighted by Crippen LogP contribution is 2.38. The Kier molecular flexibility index (Phi) is 4.04. The van der Waals surface area contributed by atoms with Crippen LogP contribution in [0.1, 0.15) is 5.56 Å². The van der Waals surface area contributed by atoms with E-state index in [0.717, 1.165) is 14.9 Å². The lowest BCUT2D eigenvalue weighted by atomic mass is 10.2. The van der Waals surface area contributed by atoms with Gasteiger partial charge in [0.15, 0.2) is 0 Å². The van der Waals surface area contributed by atoms with E-state index in [1.54, 1.807) is 12.1 Å². The zero-order chi connectivity index (χ0) is 13.1. The Hall–Kier alpha value is -1.33. The lowest BCUT2D eigenvalue weighted by Crippen LogP contribution is -1.91. The van der Waals surface area contributed by atoms with Gasteiger partial charge in [0.2, 0.25) is 0 Å². The fourth-order valence-electron chi connectivity index (χ4n) is 1.50. The van der Waals surface area contributed by atoms with Gasteiger partial charge in [-0.05, 0) is 46.6 Å². The van der Waals surface area contributed by atoms with Crippen molar-refractivity contribution in [2.75, 3.05) is 0 Å². The van der Waals surface area contributed by atoms with Crippen molar-refractivity contribution in [3.63, 3.8) is 0 Å². The minimum Gasteiger partial charge on any atom is -0.258 e. The quantitative estimate of drug-likeness (QED) is 0.601. The van der Waals surface area contributed by atoms with Gasteiger partial charge in [-0.3, -0.25) is 10.1 Å². The summed E-state index contributed by atoms with van der Waals surface area (Å²) in [4.78, 5) is 12.3. The average Bonchev–Trinajstić information content (AvgIpc) is 2.32. The van der Waals surface area contributed by atoms with Crippen LogP contribution >= 0.6 is 27.7 Å². The Morgan fingerprint density at radius 1 is 1.17 bits per heavy atom. The predicted octanol–water partition coefficient (Wildman–Crippen LogP) is 4.82. The Labute approximate surface area is 117 Å². The van der Waals surface area contributed by atoms with Crippen LogP contribution in [0, 0.1) is 17.0 Å². The molecule has 18 heavy (non-hydrogen) atoms. The number of nitro benzene ring substituents is 1. The minimum atomic E-state index is -0.349. The van der Waals surface area contributed by atoms with Crippen LogP contribution in [0.2, 0.25) is 0 Å². The van der Waals surface area contributed by atoms with Crippen molar-refractivity contribution in [1.29, 1.82) is 0 Å². The summed E-state index contributed by atoms with van der Waals surface area (Å²) in [7, 11) is 0. The Bertz CT molecular complexity index is 601. The number of aryl methyl sites for hydroxylation is 1. The van der Waals surface area contributed by atoms with Gasteiger partial charge < -0.3 is 0 Å². The molecule has 0 amide bonds. The summed E-state index contributed by atoms with van der Waals surface area (Å²) in [6.45, 7) is 1.92. The second-order valence-corrected chi connectivity index (χ2v) is 5.70. The van der Waals surface area contributed by atoms with E-state index in [1.807, 2.05) is 37.3 Å². The van der Waals surface area contributed by atoms with E-state index < -0.39 is 0 Å².